The molecule has 48 heavy (non-hydrogen) atoms. The minimum atomic E-state index is -0.543. The van der Waals surface area contributed by atoms with Crippen LogP contribution in [0.15, 0.2) is 42.5 Å². The highest BCUT2D eigenvalue weighted by atomic mass is 16.6. The number of hydrogen-bond acceptors (Lipinski definition) is 8. The lowest BCUT2D eigenvalue weighted by molar-refractivity contribution is -0.155. The van der Waals surface area contributed by atoms with Gasteiger partial charge in [-0.05, 0) is 44.7 Å². The third kappa shape index (κ3) is 12.6. The van der Waals surface area contributed by atoms with Gasteiger partial charge in [0.05, 0.1) is 13.2 Å². The fourth-order valence-corrected chi connectivity index (χ4v) is 5.64. The molecule has 3 aromatic carbocycles. The van der Waals surface area contributed by atoms with E-state index in [1.54, 1.807) is 0 Å². The molecule has 0 amide bonds. The van der Waals surface area contributed by atoms with E-state index in [0.29, 0.717) is 37.6 Å². The molecule has 0 radical (unpaired) electrons. The lowest BCUT2D eigenvalue weighted by Crippen LogP contribution is -2.30. The van der Waals surface area contributed by atoms with Gasteiger partial charge in [-0.25, -0.2) is 0 Å². The Morgan fingerprint density at radius 1 is 0.562 bits per heavy atom. The van der Waals surface area contributed by atoms with Crippen molar-refractivity contribution in [2.45, 2.75) is 117 Å². The molecule has 0 fully saturated rings. The monoisotopic (exact) mass is 666 g/mol. The van der Waals surface area contributed by atoms with Gasteiger partial charge >= 0.3 is 11.9 Å². The number of rotatable bonds is 25. The van der Waals surface area contributed by atoms with E-state index in [9.17, 15) is 9.59 Å². The van der Waals surface area contributed by atoms with Crippen molar-refractivity contribution < 1.29 is 38.0 Å². The summed E-state index contributed by atoms with van der Waals surface area (Å²) in [5.41, 5.74) is 1.16. The zero-order valence-electron chi connectivity index (χ0n) is 30.0. The fraction of sp³-hybridized carbons (Fsp3) is 0.600. The molecule has 2 unspecified atom stereocenters. The third-order valence-electron chi connectivity index (χ3n) is 8.31. The first kappa shape index (κ1) is 39.1. The molecule has 0 saturated carbocycles. The largest absolute Gasteiger partial charge is 0.488 e. The normalized spacial score (nSPS) is 12.6. The predicted octanol–water partition coefficient (Wildman–Crippen LogP) is 9.15. The number of unbranched alkanes of at least 4 members (excludes halogenated alkanes) is 6. The molecular weight excluding hydrogens is 608 g/mol. The van der Waals surface area contributed by atoms with Crippen LogP contribution in [0.2, 0.25) is 0 Å². The van der Waals surface area contributed by atoms with Gasteiger partial charge in [-0.15, -0.1) is 0 Å². The van der Waals surface area contributed by atoms with Crippen molar-refractivity contribution in [1.29, 1.82) is 0 Å². The highest BCUT2D eigenvalue weighted by Gasteiger charge is 2.22. The lowest BCUT2D eigenvalue weighted by atomic mass is 9.98. The third-order valence-corrected chi connectivity index (χ3v) is 8.31. The molecule has 3 rings (SSSR count). The lowest BCUT2D eigenvalue weighted by Gasteiger charge is -2.23. The SMILES string of the molecule is CCCCCCC(=O)OC(COCC)COc1c2ccccc2c(OCC(COCC)OC(=O)CCCCCC)c2cc(CC)ccc12. The van der Waals surface area contributed by atoms with Gasteiger partial charge in [0, 0.05) is 47.6 Å². The maximum absolute atomic E-state index is 12.7. The summed E-state index contributed by atoms with van der Waals surface area (Å²) in [5, 5.41) is 3.54. The second kappa shape index (κ2) is 22.3. The van der Waals surface area contributed by atoms with Gasteiger partial charge in [-0.1, -0.05) is 95.7 Å². The Morgan fingerprint density at radius 2 is 1.04 bits per heavy atom. The van der Waals surface area contributed by atoms with Gasteiger partial charge in [0.1, 0.15) is 24.7 Å². The van der Waals surface area contributed by atoms with Crippen molar-refractivity contribution in [2.24, 2.45) is 0 Å². The highest BCUT2D eigenvalue weighted by Crippen LogP contribution is 2.43. The van der Waals surface area contributed by atoms with Crippen LogP contribution in [-0.4, -0.2) is 63.8 Å². The second-order valence-corrected chi connectivity index (χ2v) is 12.2. The molecule has 0 aliphatic heterocycles. The van der Waals surface area contributed by atoms with Crippen LogP contribution in [0.3, 0.4) is 0 Å². The van der Waals surface area contributed by atoms with E-state index in [1.165, 1.54) is 0 Å². The summed E-state index contributed by atoms with van der Waals surface area (Å²) >= 11 is 0. The average molecular weight is 667 g/mol. The van der Waals surface area contributed by atoms with Crippen LogP contribution in [0.5, 0.6) is 11.5 Å². The molecule has 0 heterocycles. The molecule has 0 aromatic heterocycles. The maximum Gasteiger partial charge on any atom is 0.306 e. The Morgan fingerprint density at radius 3 is 1.50 bits per heavy atom. The predicted molar refractivity (Wildman–Crippen MR) is 192 cm³/mol. The molecule has 0 spiro atoms. The number of carbonyl (C=O) groups is 2. The van der Waals surface area contributed by atoms with E-state index in [4.69, 9.17) is 28.4 Å². The van der Waals surface area contributed by atoms with E-state index >= 15 is 0 Å². The summed E-state index contributed by atoms with van der Waals surface area (Å²) < 4.78 is 36.2. The molecule has 266 valence electrons. The Hall–Kier alpha value is -3.36. The van der Waals surface area contributed by atoms with Gasteiger partial charge < -0.3 is 28.4 Å². The van der Waals surface area contributed by atoms with Gasteiger partial charge in [0.25, 0.3) is 0 Å². The van der Waals surface area contributed by atoms with Crippen LogP contribution in [0.4, 0.5) is 0 Å². The Bertz CT molecular complexity index is 1390. The number of aryl methyl sites for hydroxylation is 1. The van der Waals surface area contributed by atoms with Crippen LogP contribution in [-0.2, 0) is 35.0 Å². The van der Waals surface area contributed by atoms with E-state index < -0.39 is 12.2 Å². The Kier molecular flexibility index (Phi) is 18.2. The maximum atomic E-state index is 12.7. The molecule has 0 aliphatic rings. The summed E-state index contributed by atoms with van der Waals surface area (Å²) in [6.45, 7) is 12.1. The first-order chi connectivity index (χ1) is 23.4. The highest BCUT2D eigenvalue weighted by molar-refractivity contribution is 6.11. The first-order valence-corrected chi connectivity index (χ1v) is 18.2. The minimum Gasteiger partial charge on any atom is -0.488 e. The summed E-state index contributed by atoms with van der Waals surface area (Å²) in [6.07, 6.45) is 8.64. The number of carbonyl (C=O) groups excluding carboxylic acids is 2. The zero-order valence-corrected chi connectivity index (χ0v) is 30.0. The molecule has 3 aromatic rings. The molecule has 0 N–H and O–H groups in total. The van der Waals surface area contributed by atoms with Crippen LogP contribution in [0.1, 0.15) is 104 Å². The Labute approximate surface area is 287 Å². The van der Waals surface area contributed by atoms with Crippen molar-refractivity contribution >= 4 is 33.5 Å². The van der Waals surface area contributed by atoms with Crippen LogP contribution >= 0.6 is 0 Å². The number of ether oxygens (including phenoxy) is 6. The second-order valence-electron chi connectivity index (χ2n) is 12.2. The van der Waals surface area contributed by atoms with Crippen molar-refractivity contribution in [3.8, 4) is 11.5 Å². The van der Waals surface area contributed by atoms with E-state index in [2.05, 4.69) is 39.0 Å². The minimum absolute atomic E-state index is 0.153. The van der Waals surface area contributed by atoms with Crippen LogP contribution in [0, 0.1) is 0 Å². The van der Waals surface area contributed by atoms with Gasteiger partial charge in [0.15, 0.2) is 12.2 Å². The first-order valence-electron chi connectivity index (χ1n) is 18.2. The van der Waals surface area contributed by atoms with Gasteiger partial charge in [-0.2, -0.15) is 0 Å². The smallest absolute Gasteiger partial charge is 0.306 e. The standard InChI is InChI=1S/C40H58O8/c1-6-11-13-15-21-37(41)47-31(26-43-9-4)28-45-39-33-19-17-18-20-34(33)40(36-25-30(8-3)23-24-35(36)39)46-29-32(27-44-10-5)48-38(42)22-16-14-12-7-2/h17-20,23-25,31-32H,6-16,21-22,26-29H2,1-5H3. The van der Waals surface area contributed by atoms with Crippen molar-refractivity contribution in [2.75, 3.05) is 39.6 Å². The van der Waals surface area contributed by atoms with Crippen molar-refractivity contribution in [3.63, 3.8) is 0 Å². The van der Waals surface area contributed by atoms with Gasteiger partial charge in [0.2, 0.25) is 0 Å². The summed E-state index contributed by atoms with van der Waals surface area (Å²) in [4.78, 5) is 25.4. The summed E-state index contributed by atoms with van der Waals surface area (Å²) in [7, 11) is 0. The quantitative estimate of drug-likeness (QED) is 0.0503. The molecule has 0 bridgehead atoms. The van der Waals surface area contributed by atoms with Crippen LogP contribution < -0.4 is 9.47 Å². The van der Waals surface area contributed by atoms with E-state index in [0.717, 1.165) is 84.9 Å². The van der Waals surface area contributed by atoms with Crippen molar-refractivity contribution in [1.82, 2.24) is 0 Å². The van der Waals surface area contributed by atoms with E-state index in [1.807, 2.05) is 38.1 Å². The van der Waals surface area contributed by atoms with E-state index in [-0.39, 0.29) is 38.4 Å². The molecule has 2 atom stereocenters. The number of benzene rings is 3. The molecule has 8 nitrogen and oxygen atoms in total. The number of esters is 2. The molecule has 0 saturated heterocycles. The number of fused-ring (bicyclic) bond motifs is 2. The van der Waals surface area contributed by atoms with Crippen molar-refractivity contribution in [3.05, 3.63) is 48.0 Å². The molecular formula is C40H58O8. The number of hydrogen-bond donors (Lipinski definition) is 0. The summed E-state index contributed by atoms with van der Waals surface area (Å²) in [5.74, 6) is 0.941. The fourth-order valence-electron chi connectivity index (χ4n) is 5.64. The Balaban J connectivity index is 1.90. The van der Waals surface area contributed by atoms with Crippen LogP contribution in [0.25, 0.3) is 21.5 Å². The topological polar surface area (TPSA) is 89.5 Å². The molecule has 8 heteroatoms. The van der Waals surface area contributed by atoms with Gasteiger partial charge in [-0.3, -0.25) is 9.59 Å². The average Bonchev–Trinajstić information content (AvgIpc) is 3.10. The zero-order chi connectivity index (χ0) is 34.6. The summed E-state index contributed by atoms with van der Waals surface area (Å²) in [6, 6.07) is 14.3. The molecule has 0 aliphatic carbocycles.